The van der Waals surface area contributed by atoms with Gasteiger partial charge in [0.05, 0.1) is 10.9 Å². The minimum absolute atomic E-state index is 0.0332. The van der Waals surface area contributed by atoms with Gasteiger partial charge in [0, 0.05) is 30.7 Å². The second kappa shape index (κ2) is 7.15. The predicted molar refractivity (Wildman–Crippen MR) is 105 cm³/mol. The average molecular weight is 360 g/mol. The van der Waals surface area contributed by atoms with E-state index in [0.717, 1.165) is 24.2 Å². The number of hydrogen-bond acceptors (Lipinski definition) is 4. The molecule has 6 nitrogen and oxygen atoms in total. The summed E-state index contributed by atoms with van der Waals surface area (Å²) >= 11 is 0. The average Bonchev–Trinajstić information content (AvgIpc) is 3.17. The first-order chi connectivity index (χ1) is 13.1. The molecule has 6 heteroatoms. The van der Waals surface area contributed by atoms with Crippen LogP contribution in [0, 0.1) is 0 Å². The van der Waals surface area contributed by atoms with E-state index in [0.29, 0.717) is 23.0 Å². The summed E-state index contributed by atoms with van der Waals surface area (Å²) in [6.07, 6.45) is 3.43. The Bertz CT molecular complexity index is 1090. The molecule has 0 aliphatic carbocycles. The molecule has 27 heavy (non-hydrogen) atoms. The number of amides is 1. The van der Waals surface area contributed by atoms with Crippen LogP contribution in [-0.4, -0.2) is 21.7 Å². The minimum atomic E-state index is -0.323. The molecule has 0 saturated heterocycles. The Balaban J connectivity index is 1.52. The lowest BCUT2D eigenvalue weighted by Crippen LogP contribution is -2.22. The van der Waals surface area contributed by atoms with E-state index in [1.54, 1.807) is 29.0 Å². The number of fused-ring (bicyclic) bond motifs is 2. The number of aromatic nitrogens is 2. The summed E-state index contributed by atoms with van der Waals surface area (Å²) < 4.78 is 1.72. The maximum atomic E-state index is 12.5. The lowest BCUT2D eigenvalue weighted by molar-refractivity contribution is 0.0955. The number of aryl methyl sites for hydroxylation is 1. The van der Waals surface area contributed by atoms with Crippen LogP contribution in [0.25, 0.3) is 10.9 Å². The van der Waals surface area contributed by atoms with Crippen LogP contribution in [-0.2, 0) is 13.0 Å². The fourth-order valence-corrected chi connectivity index (χ4v) is 3.34. The van der Waals surface area contributed by atoms with Crippen LogP contribution in [0.5, 0.6) is 0 Å². The van der Waals surface area contributed by atoms with E-state index in [9.17, 15) is 9.59 Å². The van der Waals surface area contributed by atoms with Crippen LogP contribution in [0.4, 0.5) is 0 Å². The highest BCUT2D eigenvalue weighted by molar-refractivity contribution is 5.97. The number of benzene rings is 2. The van der Waals surface area contributed by atoms with Gasteiger partial charge in [0.25, 0.3) is 11.5 Å². The molecular weight excluding hydrogens is 340 g/mol. The van der Waals surface area contributed by atoms with Crippen molar-refractivity contribution in [2.75, 3.05) is 0 Å². The molecular formula is C21H20N4O2. The minimum Gasteiger partial charge on any atom is -0.296 e. The molecule has 136 valence electrons. The summed E-state index contributed by atoms with van der Waals surface area (Å²) in [5.74, 6) is 0.558. The monoisotopic (exact) mass is 360 g/mol. The van der Waals surface area contributed by atoms with Crippen molar-refractivity contribution in [1.82, 2.24) is 15.0 Å². The fraction of sp³-hybridized carbons (Fsp3) is 0.238. The summed E-state index contributed by atoms with van der Waals surface area (Å²) in [5, 5.41) is 4.61. The van der Waals surface area contributed by atoms with Gasteiger partial charge >= 0.3 is 0 Å². The number of hydrogen-bond donors (Lipinski definition) is 1. The number of nitrogens with one attached hydrogen (secondary N) is 1. The van der Waals surface area contributed by atoms with Crippen molar-refractivity contribution in [2.45, 2.75) is 32.2 Å². The molecule has 0 bridgehead atoms. The summed E-state index contributed by atoms with van der Waals surface area (Å²) in [7, 11) is 0. The first-order valence-corrected chi connectivity index (χ1v) is 9.05. The van der Waals surface area contributed by atoms with Gasteiger partial charge in [0.15, 0.2) is 0 Å². The Morgan fingerprint density at radius 1 is 1.26 bits per heavy atom. The standard InChI is InChI=1S/C21H20N4O2/c1-14(15-6-3-2-4-7-15)13-22-24-20(26)16-9-10-17-18(12-16)23-19-8-5-11-25(19)21(17)27/h2-4,6-7,9-10,12-14H,5,8,11H2,1H3,(H,24,26)/b22-13-/t14-/m1/s1. The molecule has 2 heterocycles. The predicted octanol–water partition coefficient (Wildman–Crippen LogP) is 2.86. The summed E-state index contributed by atoms with van der Waals surface area (Å²) in [6, 6.07) is 14.9. The van der Waals surface area contributed by atoms with Gasteiger partial charge in [-0.2, -0.15) is 5.10 Å². The Morgan fingerprint density at radius 2 is 2.07 bits per heavy atom. The van der Waals surface area contributed by atoms with Gasteiger partial charge < -0.3 is 0 Å². The second-order valence-electron chi connectivity index (χ2n) is 6.74. The largest absolute Gasteiger partial charge is 0.296 e. The molecule has 1 aliphatic rings. The highest BCUT2D eigenvalue weighted by atomic mass is 16.2. The first kappa shape index (κ1) is 17.1. The number of nitrogens with zero attached hydrogens (tertiary/aromatic N) is 3. The molecule has 0 spiro atoms. The zero-order chi connectivity index (χ0) is 18.8. The fourth-order valence-electron chi connectivity index (χ4n) is 3.34. The Morgan fingerprint density at radius 3 is 2.89 bits per heavy atom. The third-order valence-corrected chi connectivity index (χ3v) is 4.87. The number of carbonyl (C=O) groups is 1. The lowest BCUT2D eigenvalue weighted by Gasteiger charge is -2.07. The molecule has 0 saturated carbocycles. The van der Waals surface area contributed by atoms with Crippen molar-refractivity contribution >= 4 is 23.0 Å². The summed E-state index contributed by atoms with van der Waals surface area (Å²) in [6.45, 7) is 2.73. The highest BCUT2D eigenvalue weighted by Crippen LogP contribution is 2.16. The quantitative estimate of drug-likeness (QED) is 0.574. The van der Waals surface area contributed by atoms with E-state index in [1.165, 1.54) is 0 Å². The molecule has 2 aromatic carbocycles. The van der Waals surface area contributed by atoms with Gasteiger partial charge in [0.2, 0.25) is 0 Å². The Labute approximate surface area is 156 Å². The van der Waals surface area contributed by atoms with Crippen LogP contribution < -0.4 is 11.0 Å². The van der Waals surface area contributed by atoms with E-state index in [4.69, 9.17) is 0 Å². The molecule has 0 unspecified atom stereocenters. The van der Waals surface area contributed by atoms with Gasteiger partial charge in [0.1, 0.15) is 5.82 Å². The lowest BCUT2D eigenvalue weighted by atomic mass is 10.0. The van der Waals surface area contributed by atoms with Gasteiger partial charge in [-0.25, -0.2) is 10.4 Å². The Kier molecular flexibility index (Phi) is 4.54. The van der Waals surface area contributed by atoms with Crippen molar-refractivity contribution in [2.24, 2.45) is 5.10 Å². The van der Waals surface area contributed by atoms with E-state index >= 15 is 0 Å². The molecule has 1 aliphatic heterocycles. The van der Waals surface area contributed by atoms with Crippen molar-refractivity contribution in [3.63, 3.8) is 0 Å². The second-order valence-corrected chi connectivity index (χ2v) is 6.74. The smallest absolute Gasteiger partial charge is 0.271 e. The summed E-state index contributed by atoms with van der Waals surface area (Å²) in [4.78, 5) is 29.4. The first-order valence-electron chi connectivity index (χ1n) is 9.05. The normalized spacial score (nSPS) is 14.4. The van der Waals surface area contributed by atoms with Crippen LogP contribution >= 0.6 is 0 Å². The molecule has 0 radical (unpaired) electrons. The van der Waals surface area contributed by atoms with Crippen LogP contribution in [0.15, 0.2) is 58.4 Å². The van der Waals surface area contributed by atoms with E-state index in [-0.39, 0.29) is 17.4 Å². The molecule has 1 amide bonds. The van der Waals surface area contributed by atoms with Crippen LogP contribution in [0.3, 0.4) is 0 Å². The molecule has 1 atom stereocenters. The third kappa shape index (κ3) is 3.38. The van der Waals surface area contributed by atoms with Gasteiger partial charge in [-0.15, -0.1) is 0 Å². The van der Waals surface area contributed by atoms with Crippen molar-refractivity contribution in [1.29, 1.82) is 0 Å². The molecule has 3 aromatic rings. The van der Waals surface area contributed by atoms with Crippen LogP contribution in [0.1, 0.15) is 41.0 Å². The SMILES string of the molecule is C[C@H](/C=N\NC(=O)c1ccc2c(=O)n3c(nc2c1)CCC3)c1ccccc1. The number of hydrazone groups is 1. The maximum absolute atomic E-state index is 12.5. The Hall–Kier alpha value is -3.28. The molecule has 4 rings (SSSR count). The molecule has 0 fully saturated rings. The third-order valence-electron chi connectivity index (χ3n) is 4.87. The maximum Gasteiger partial charge on any atom is 0.271 e. The topological polar surface area (TPSA) is 76.3 Å². The number of rotatable bonds is 4. The summed E-state index contributed by atoms with van der Waals surface area (Å²) in [5.41, 5.74) is 4.63. The zero-order valence-electron chi connectivity index (χ0n) is 15.1. The zero-order valence-corrected chi connectivity index (χ0v) is 15.1. The molecule has 1 N–H and O–H groups in total. The van der Waals surface area contributed by atoms with Crippen molar-refractivity contribution in [3.8, 4) is 0 Å². The highest BCUT2D eigenvalue weighted by Gasteiger charge is 2.17. The van der Waals surface area contributed by atoms with E-state index in [2.05, 4.69) is 15.5 Å². The van der Waals surface area contributed by atoms with Gasteiger partial charge in [-0.3, -0.25) is 14.2 Å². The van der Waals surface area contributed by atoms with E-state index < -0.39 is 0 Å². The van der Waals surface area contributed by atoms with Gasteiger partial charge in [-0.1, -0.05) is 37.3 Å². The van der Waals surface area contributed by atoms with Crippen molar-refractivity contribution < 1.29 is 4.79 Å². The van der Waals surface area contributed by atoms with Crippen LogP contribution in [0.2, 0.25) is 0 Å². The number of carbonyl (C=O) groups excluding carboxylic acids is 1. The van der Waals surface area contributed by atoms with Crippen molar-refractivity contribution in [3.05, 3.63) is 75.8 Å². The van der Waals surface area contributed by atoms with E-state index in [1.807, 2.05) is 37.3 Å². The molecule has 1 aromatic heterocycles. The van der Waals surface area contributed by atoms with Gasteiger partial charge in [-0.05, 0) is 30.2 Å².